The Hall–Kier alpha value is -0.890. The van der Waals surface area contributed by atoms with Crippen LogP contribution in [0.3, 0.4) is 0 Å². The highest BCUT2D eigenvalue weighted by molar-refractivity contribution is 9.10. The van der Waals surface area contributed by atoms with Crippen molar-refractivity contribution in [3.63, 3.8) is 0 Å². The Kier molecular flexibility index (Phi) is 4.55. The zero-order valence-corrected chi connectivity index (χ0v) is 11.4. The number of hydrogen-bond acceptors (Lipinski definition) is 1. The molecule has 0 bridgehead atoms. The summed E-state index contributed by atoms with van der Waals surface area (Å²) in [6.07, 6.45) is 9.38. The van der Waals surface area contributed by atoms with Gasteiger partial charge in [-0.1, -0.05) is 53.1 Å². The van der Waals surface area contributed by atoms with Crippen LogP contribution in [0.5, 0.6) is 0 Å². The minimum absolute atomic E-state index is 0.140. The van der Waals surface area contributed by atoms with Crippen molar-refractivity contribution in [3.05, 3.63) is 40.4 Å². The molecule has 1 nitrogen and oxygen atoms in total. The number of hydrogen-bond donors (Lipinski definition) is 0. The fraction of sp³-hybridized carbons (Fsp3) is 0.400. The predicted molar refractivity (Wildman–Crippen MR) is 74.8 cm³/mol. The van der Waals surface area contributed by atoms with E-state index in [0.717, 1.165) is 29.3 Å². The van der Waals surface area contributed by atoms with E-state index < -0.39 is 0 Å². The lowest BCUT2D eigenvalue weighted by atomic mass is 9.97. The summed E-state index contributed by atoms with van der Waals surface area (Å²) in [5, 5.41) is 0. The molecule has 1 atom stereocenters. The van der Waals surface area contributed by atoms with Gasteiger partial charge in [0.1, 0.15) is 5.78 Å². The number of Topliss-reactive ketones (excluding diaryl/α,β-unsaturated/α-hetero) is 1. The molecule has 0 aliphatic heterocycles. The minimum Gasteiger partial charge on any atom is -0.299 e. The maximum absolute atomic E-state index is 11.8. The summed E-state index contributed by atoms with van der Waals surface area (Å²) in [5.41, 5.74) is 1.16. The Morgan fingerprint density at radius 2 is 1.88 bits per heavy atom. The Morgan fingerprint density at radius 3 is 2.65 bits per heavy atom. The number of ketones is 1. The minimum atomic E-state index is 0.140. The first-order valence-corrected chi connectivity index (χ1v) is 7.01. The van der Waals surface area contributed by atoms with Crippen LogP contribution < -0.4 is 0 Å². The van der Waals surface area contributed by atoms with Crippen LogP contribution in [-0.4, -0.2) is 5.78 Å². The van der Waals surface area contributed by atoms with E-state index in [2.05, 4.69) is 40.2 Å². The largest absolute Gasteiger partial charge is 0.299 e. The number of allylic oxidation sites excluding steroid dienone is 1. The molecule has 17 heavy (non-hydrogen) atoms. The first kappa shape index (κ1) is 12.6. The average Bonchev–Trinajstić information content (AvgIpc) is 2.54. The molecule has 90 valence electrons. The predicted octanol–water partition coefficient (Wildman–Crippen LogP) is 4.61. The molecule has 1 aromatic rings. The molecule has 1 saturated carbocycles. The second kappa shape index (κ2) is 6.15. The molecule has 0 saturated heterocycles. The molecule has 1 unspecified atom stereocenters. The molecule has 1 aliphatic rings. The van der Waals surface area contributed by atoms with Crippen molar-refractivity contribution < 1.29 is 4.79 Å². The molecule has 1 aliphatic carbocycles. The highest BCUT2D eigenvalue weighted by atomic mass is 79.9. The SMILES string of the molecule is O=C1CCCCCC1/C=C/c1ccc(Br)cc1. The van der Waals surface area contributed by atoms with Crippen LogP contribution in [0.25, 0.3) is 6.08 Å². The number of rotatable bonds is 2. The van der Waals surface area contributed by atoms with Crippen LogP contribution in [0.1, 0.15) is 37.7 Å². The molecule has 0 aromatic heterocycles. The summed E-state index contributed by atoms with van der Waals surface area (Å²) in [6.45, 7) is 0. The standard InChI is InChI=1S/C15H17BrO/c16-14-10-7-12(8-11-14)6-9-13-4-2-1-3-5-15(13)17/h6-11,13H,1-5H2/b9-6+. The van der Waals surface area contributed by atoms with Gasteiger partial charge in [-0.2, -0.15) is 0 Å². The maximum atomic E-state index is 11.8. The number of halogens is 1. The monoisotopic (exact) mass is 292 g/mol. The summed E-state index contributed by atoms with van der Waals surface area (Å²) in [5.74, 6) is 0.553. The van der Waals surface area contributed by atoms with Crippen molar-refractivity contribution in [1.82, 2.24) is 0 Å². The Morgan fingerprint density at radius 1 is 1.12 bits per heavy atom. The lowest BCUT2D eigenvalue weighted by Crippen LogP contribution is -2.09. The van der Waals surface area contributed by atoms with Crippen molar-refractivity contribution in [2.24, 2.45) is 5.92 Å². The molecule has 0 radical (unpaired) electrons. The van der Waals surface area contributed by atoms with Crippen molar-refractivity contribution in [2.45, 2.75) is 32.1 Å². The van der Waals surface area contributed by atoms with Gasteiger partial charge in [0.2, 0.25) is 0 Å². The van der Waals surface area contributed by atoms with Crippen LogP contribution in [0, 0.1) is 5.92 Å². The fourth-order valence-electron chi connectivity index (χ4n) is 2.19. The van der Waals surface area contributed by atoms with E-state index in [9.17, 15) is 4.79 Å². The van der Waals surface area contributed by atoms with E-state index in [1.165, 1.54) is 12.8 Å². The molecule has 2 rings (SSSR count). The lowest BCUT2D eigenvalue weighted by Gasteiger charge is -2.06. The van der Waals surface area contributed by atoms with Gasteiger partial charge in [-0.05, 0) is 30.5 Å². The summed E-state index contributed by atoms with van der Waals surface area (Å²) in [6, 6.07) is 8.16. The third-order valence-electron chi connectivity index (χ3n) is 3.24. The zero-order valence-electron chi connectivity index (χ0n) is 9.86. The maximum Gasteiger partial charge on any atom is 0.139 e. The topological polar surface area (TPSA) is 17.1 Å². The second-order valence-corrected chi connectivity index (χ2v) is 5.50. The van der Waals surface area contributed by atoms with E-state index in [1.54, 1.807) is 0 Å². The first-order valence-electron chi connectivity index (χ1n) is 6.22. The Labute approximate surface area is 111 Å². The molecule has 2 heteroatoms. The van der Waals surface area contributed by atoms with Gasteiger partial charge >= 0.3 is 0 Å². The van der Waals surface area contributed by atoms with Gasteiger partial charge < -0.3 is 0 Å². The molecule has 0 heterocycles. The van der Waals surface area contributed by atoms with Gasteiger partial charge in [0.05, 0.1) is 0 Å². The quantitative estimate of drug-likeness (QED) is 0.728. The van der Waals surface area contributed by atoms with Gasteiger partial charge in [-0.15, -0.1) is 0 Å². The van der Waals surface area contributed by atoms with Gasteiger partial charge in [-0.3, -0.25) is 4.79 Å². The van der Waals surface area contributed by atoms with Crippen LogP contribution in [0.15, 0.2) is 34.8 Å². The van der Waals surface area contributed by atoms with Gasteiger partial charge in [0.15, 0.2) is 0 Å². The van der Waals surface area contributed by atoms with E-state index in [1.807, 2.05) is 12.1 Å². The molecular weight excluding hydrogens is 276 g/mol. The molecule has 0 spiro atoms. The third kappa shape index (κ3) is 3.81. The molecule has 1 aromatic carbocycles. The number of benzene rings is 1. The zero-order chi connectivity index (χ0) is 12.1. The highest BCUT2D eigenvalue weighted by Crippen LogP contribution is 2.22. The Bertz CT molecular complexity index is 405. The third-order valence-corrected chi connectivity index (χ3v) is 3.77. The Balaban J connectivity index is 2.03. The van der Waals surface area contributed by atoms with E-state index >= 15 is 0 Å². The van der Waals surface area contributed by atoms with Crippen molar-refractivity contribution in [3.8, 4) is 0 Å². The van der Waals surface area contributed by atoms with E-state index in [-0.39, 0.29) is 5.92 Å². The average molecular weight is 293 g/mol. The van der Waals surface area contributed by atoms with Crippen LogP contribution >= 0.6 is 15.9 Å². The van der Waals surface area contributed by atoms with Gasteiger partial charge in [0.25, 0.3) is 0 Å². The summed E-state index contributed by atoms with van der Waals surface area (Å²) < 4.78 is 1.08. The fourth-order valence-corrected chi connectivity index (χ4v) is 2.46. The number of carbonyl (C=O) groups excluding carboxylic acids is 1. The summed E-state index contributed by atoms with van der Waals surface area (Å²) >= 11 is 3.41. The molecular formula is C15H17BrO. The normalized spacial score (nSPS) is 21.7. The van der Waals surface area contributed by atoms with Crippen molar-refractivity contribution in [2.75, 3.05) is 0 Å². The molecule has 0 amide bonds. The van der Waals surface area contributed by atoms with Crippen molar-refractivity contribution >= 4 is 27.8 Å². The van der Waals surface area contributed by atoms with Crippen LogP contribution in [0.2, 0.25) is 0 Å². The summed E-state index contributed by atoms with van der Waals surface area (Å²) in [4.78, 5) is 11.8. The lowest BCUT2D eigenvalue weighted by molar-refractivity contribution is -0.121. The second-order valence-electron chi connectivity index (χ2n) is 4.58. The smallest absolute Gasteiger partial charge is 0.139 e. The molecule has 1 fully saturated rings. The molecule has 0 N–H and O–H groups in total. The van der Waals surface area contributed by atoms with E-state index in [4.69, 9.17) is 0 Å². The van der Waals surface area contributed by atoms with Gasteiger partial charge in [-0.25, -0.2) is 0 Å². The highest BCUT2D eigenvalue weighted by Gasteiger charge is 2.17. The van der Waals surface area contributed by atoms with Crippen molar-refractivity contribution in [1.29, 1.82) is 0 Å². The summed E-state index contributed by atoms with van der Waals surface area (Å²) in [7, 11) is 0. The van der Waals surface area contributed by atoms with E-state index in [0.29, 0.717) is 5.78 Å². The first-order chi connectivity index (χ1) is 8.25. The van der Waals surface area contributed by atoms with Crippen LogP contribution in [0.4, 0.5) is 0 Å². The van der Waals surface area contributed by atoms with Crippen LogP contribution in [-0.2, 0) is 4.79 Å². The van der Waals surface area contributed by atoms with Gasteiger partial charge in [0, 0.05) is 16.8 Å². The number of carbonyl (C=O) groups is 1.